The van der Waals surface area contributed by atoms with Crippen molar-refractivity contribution in [3.63, 3.8) is 0 Å². The highest BCUT2D eigenvalue weighted by Crippen LogP contribution is 2.39. The Labute approximate surface area is 240 Å². The molecule has 1 heterocycles. The molecule has 206 valence electrons. The lowest BCUT2D eigenvalue weighted by atomic mass is 10.0. The SMILES string of the molecule is CC(=C/C[C@H](O[Si](c1ccccc1)(c1ccccc1)C(C)(C)C)/C(C)=C/c1csc(C)n1)/C=C/C[C@H](C)C=O. The van der Waals surface area contributed by atoms with Gasteiger partial charge in [0.25, 0.3) is 8.32 Å². The summed E-state index contributed by atoms with van der Waals surface area (Å²) >= 11 is 1.67. The molecule has 5 heteroatoms. The summed E-state index contributed by atoms with van der Waals surface area (Å²) in [4.78, 5) is 15.7. The number of nitrogens with zero attached hydrogens (tertiary/aromatic N) is 1. The first-order chi connectivity index (χ1) is 18.6. The standard InChI is InChI=1S/C34H43NO2SSi/c1-26(15-14-16-27(2)24-36)21-22-33(28(3)23-30-25-38-29(4)35-30)37-39(34(5,6)7,31-17-10-8-11-18-31)32-19-12-9-13-20-32/h8-15,17-21,23-25,27,33H,16,22H2,1-7H3/b15-14+,26-21-,28-23+/t27-,33-/m0/s1. The van der Waals surface area contributed by atoms with Crippen molar-refractivity contribution in [3.8, 4) is 0 Å². The second-order valence-corrected chi connectivity index (χ2v) is 16.7. The van der Waals surface area contributed by atoms with Gasteiger partial charge in [0.2, 0.25) is 0 Å². The lowest BCUT2D eigenvalue weighted by molar-refractivity contribution is -0.110. The Kier molecular flexibility index (Phi) is 11.0. The molecule has 0 aliphatic carbocycles. The number of carbonyl (C=O) groups is 1. The predicted molar refractivity (Wildman–Crippen MR) is 170 cm³/mol. The van der Waals surface area contributed by atoms with Crippen molar-refractivity contribution in [3.05, 3.63) is 106 Å². The molecule has 2 aromatic carbocycles. The molecule has 2 atom stereocenters. The summed E-state index contributed by atoms with van der Waals surface area (Å²) in [5.74, 6) is 0.0343. The van der Waals surface area contributed by atoms with E-state index in [0.717, 1.165) is 35.4 Å². The molecule has 0 amide bonds. The normalized spacial score (nSPS) is 14.9. The topological polar surface area (TPSA) is 39.2 Å². The van der Waals surface area contributed by atoms with Gasteiger partial charge < -0.3 is 9.22 Å². The van der Waals surface area contributed by atoms with E-state index in [0.29, 0.717) is 0 Å². The van der Waals surface area contributed by atoms with Gasteiger partial charge >= 0.3 is 0 Å². The third-order valence-corrected chi connectivity index (χ3v) is 12.9. The van der Waals surface area contributed by atoms with Gasteiger partial charge in [0.15, 0.2) is 0 Å². The molecule has 0 bridgehead atoms. The molecular formula is C34H43NO2SSi. The molecule has 0 aliphatic rings. The Bertz CT molecular complexity index is 1250. The van der Waals surface area contributed by atoms with Crippen LogP contribution in [0.25, 0.3) is 6.08 Å². The first kappa shape index (κ1) is 30.7. The van der Waals surface area contributed by atoms with Crippen LogP contribution in [0, 0.1) is 12.8 Å². The number of aryl methyl sites for hydroxylation is 1. The highest BCUT2D eigenvalue weighted by molar-refractivity contribution is 7.09. The second-order valence-electron chi connectivity index (χ2n) is 11.4. The quantitative estimate of drug-likeness (QED) is 0.129. The van der Waals surface area contributed by atoms with Gasteiger partial charge in [-0.2, -0.15) is 0 Å². The lowest BCUT2D eigenvalue weighted by Gasteiger charge is -2.45. The monoisotopic (exact) mass is 557 g/mol. The summed E-state index contributed by atoms with van der Waals surface area (Å²) < 4.78 is 7.56. The van der Waals surface area contributed by atoms with E-state index in [2.05, 4.69) is 125 Å². The molecule has 0 saturated carbocycles. The van der Waals surface area contributed by atoms with Gasteiger partial charge in [-0.1, -0.05) is 112 Å². The number of aromatic nitrogens is 1. The van der Waals surface area contributed by atoms with E-state index < -0.39 is 8.32 Å². The number of rotatable bonds is 12. The molecule has 3 nitrogen and oxygen atoms in total. The minimum Gasteiger partial charge on any atom is -0.400 e. The van der Waals surface area contributed by atoms with Crippen molar-refractivity contribution in [2.75, 3.05) is 0 Å². The van der Waals surface area contributed by atoms with Crippen LogP contribution in [0.4, 0.5) is 0 Å². The van der Waals surface area contributed by atoms with Crippen LogP contribution in [0.5, 0.6) is 0 Å². The van der Waals surface area contributed by atoms with Crippen LogP contribution >= 0.6 is 11.3 Å². The van der Waals surface area contributed by atoms with Crippen LogP contribution in [0.2, 0.25) is 5.04 Å². The maximum Gasteiger partial charge on any atom is 0.261 e. The fourth-order valence-electron chi connectivity index (χ4n) is 4.89. The number of aldehydes is 1. The van der Waals surface area contributed by atoms with E-state index in [4.69, 9.17) is 9.41 Å². The van der Waals surface area contributed by atoms with Crippen LogP contribution in [-0.2, 0) is 9.22 Å². The molecule has 39 heavy (non-hydrogen) atoms. The number of hydrogen-bond acceptors (Lipinski definition) is 4. The molecule has 0 aliphatic heterocycles. The van der Waals surface area contributed by atoms with E-state index in [-0.39, 0.29) is 17.1 Å². The molecule has 0 saturated heterocycles. The van der Waals surface area contributed by atoms with Crippen molar-refractivity contribution >= 4 is 42.4 Å². The zero-order chi connectivity index (χ0) is 28.5. The minimum atomic E-state index is -2.75. The van der Waals surface area contributed by atoms with Crippen LogP contribution < -0.4 is 10.4 Å². The molecular weight excluding hydrogens is 515 g/mol. The first-order valence-electron chi connectivity index (χ1n) is 13.7. The molecule has 3 aromatic rings. The highest BCUT2D eigenvalue weighted by Gasteiger charge is 2.51. The Morgan fingerprint density at radius 1 is 1.00 bits per heavy atom. The van der Waals surface area contributed by atoms with Gasteiger partial charge in [-0.3, -0.25) is 0 Å². The Morgan fingerprint density at radius 3 is 2.08 bits per heavy atom. The smallest absolute Gasteiger partial charge is 0.261 e. The number of thiazole rings is 1. The summed E-state index contributed by atoms with van der Waals surface area (Å²) in [5, 5.41) is 5.60. The fourth-order valence-corrected chi connectivity index (χ4v) is 10.2. The highest BCUT2D eigenvalue weighted by atomic mass is 32.1. The van der Waals surface area contributed by atoms with Crippen molar-refractivity contribution in [2.24, 2.45) is 5.92 Å². The van der Waals surface area contributed by atoms with Crippen molar-refractivity contribution < 1.29 is 9.22 Å². The Hall–Kier alpha value is -2.86. The van der Waals surface area contributed by atoms with E-state index >= 15 is 0 Å². The van der Waals surface area contributed by atoms with E-state index in [9.17, 15) is 4.79 Å². The minimum absolute atomic E-state index is 0.0343. The summed E-state index contributed by atoms with van der Waals surface area (Å²) in [6.45, 7) is 15.2. The molecule has 0 fully saturated rings. The molecule has 1 aromatic heterocycles. The van der Waals surface area contributed by atoms with E-state index in [1.165, 1.54) is 15.9 Å². The average Bonchev–Trinajstić information content (AvgIpc) is 3.33. The maximum atomic E-state index is 11.0. The molecule has 3 rings (SSSR count). The molecule has 0 radical (unpaired) electrons. The molecule has 0 spiro atoms. The lowest BCUT2D eigenvalue weighted by Crippen LogP contribution is -2.67. The summed E-state index contributed by atoms with van der Waals surface area (Å²) in [6.07, 6.45) is 11.0. The average molecular weight is 558 g/mol. The van der Waals surface area contributed by atoms with Crippen molar-refractivity contribution in [1.82, 2.24) is 4.98 Å². The fraction of sp³-hybridized carbons (Fsp3) is 0.353. The van der Waals surface area contributed by atoms with Crippen LogP contribution in [0.1, 0.15) is 65.1 Å². The van der Waals surface area contributed by atoms with E-state index in [1.54, 1.807) is 11.3 Å². The van der Waals surface area contributed by atoms with Gasteiger partial charge in [-0.05, 0) is 60.7 Å². The summed E-state index contributed by atoms with van der Waals surface area (Å²) in [7, 11) is -2.75. The number of benzene rings is 2. The van der Waals surface area contributed by atoms with Gasteiger partial charge in [-0.25, -0.2) is 4.98 Å². The van der Waals surface area contributed by atoms with Crippen LogP contribution in [0.3, 0.4) is 0 Å². The Balaban J connectivity index is 2.10. The van der Waals surface area contributed by atoms with Crippen molar-refractivity contribution in [2.45, 2.75) is 72.5 Å². The Morgan fingerprint density at radius 2 is 1.59 bits per heavy atom. The number of carbonyl (C=O) groups excluding carboxylic acids is 1. The zero-order valence-electron chi connectivity index (χ0n) is 24.5. The zero-order valence-corrected chi connectivity index (χ0v) is 26.3. The molecule has 0 N–H and O–H groups in total. The third kappa shape index (κ3) is 8.07. The first-order valence-corrected chi connectivity index (χ1v) is 16.5. The van der Waals surface area contributed by atoms with Crippen molar-refractivity contribution in [1.29, 1.82) is 0 Å². The van der Waals surface area contributed by atoms with Crippen LogP contribution in [0.15, 0.2) is 95.4 Å². The van der Waals surface area contributed by atoms with Gasteiger partial charge in [0.1, 0.15) is 6.29 Å². The number of hydrogen-bond donors (Lipinski definition) is 0. The second kappa shape index (κ2) is 14.0. The van der Waals surface area contributed by atoms with Gasteiger partial charge in [0, 0.05) is 11.3 Å². The molecule has 0 unspecified atom stereocenters. The summed E-state index contributed by atoms with van der Waals surface area (Å²) in [6, 6.07) is 21.6. The largest absolute Gasteiger partial charge is 0.400 e. The third-order valence-electron chi connectivity index (χ3n) is 7.03. The predicted octanol–water partition coefficient (Wildman–Crippen LogP) is 7.92. The van der Waals surface area contributed by atoms with Crippen LogP contribution in [-0.4, -0.2) is 25.7 Å². The summed E-state index contributed by atoms with van der Waals surface area (Å²) in [5.41, 5.74) is 3.31. The van der Waals surface area contributed by atoms with Gasteiger partial charge in [-0.15, -0.1) is 11.3 Å². The maximum absolute atomic E-state index is 11.0. The van der Waals surface area contributed by atoms with E-state index in [1.807, 2.05) is 13.8 Å². The number of allylic oxidation sites excluding steroid dienone is 3. The van der Waals surface area contributed by atoms with Gasteiger partial charge in [0.05, 0.1) is 16.8 Å².